The van der Waals surface area contributed by atoms with Gasteiger partial charge in [-0.15, -0.1) is 0 Å². The van der Waals surface area contributed by atoms with Crippen LogP contribution in [0, 0.1) is 0 Å². The minimum absolute atomic E-state index is 0.788. The summed E-state index contributed by atoms with van der Waals surface area (Å²) in [5.41, 5.74) is 1.39. The maximum Gasteiger partial charge on any atom is 0.118 e. The first-order valence-corrected chi connectivity index (χ1v) is 6.88. The Bertz CT molecular complexity index is 306. The van der Waals surface area contributed by atoms with Crippen molar-refractivity contribution in [3.63, 3.8) is 0 Å². The number of piperidine rings is 1. The highest BCUT2D eigenvalue weighted by molar-refractivity contribution is 7.99. The van der Waals surface area contributed by atoms with Gasteiger partial charge in [-0.1, -0.05) is 12.1 Å². The molecule has 1 atom stereocenters. The minimum atomic E-state index is 0.788. The van der Waals surface area contributed by atoms with E-state index >= 15 is 0 Å². The van der Waals surface area contributed by atoms with Crippen molar-refractivity contribution in [2.75, 3.05) is 20.2 Å². The lowest BCUT2D eigenvalue weighted by Crippen LogP contribution is -2.31. The molecule has 1 aromatic carbocycles. The molecule has 1 saturated heterocycles. The van der Waals surface area contributed by atoms with E-state index in [4.69, 9.17) is 4.74 Å². The topological polar surface area (TPSA) is 21.3 Å². The number of nitrogens with one attached hydrogen (secondary N) is 1. The van der Waals surface area contributed by atoms with Crippen LogP contribution in [0.25, 0.3) is 0 Å². The summed E-state index contributed by atoms with van der Waals surface area (Å²) in [6, 6.07) is 8.38. The molecule has 88 valence electrons. The summed E-state index contributed by atoms with van der Waals surface area (Å²) in [5.74, 6) is 2.05. The fraction of sp³-hybridized carbons (Fsp3) is 0.538. The van der Waals surface area contributed by atoms with E-state index in [1.165, 1.54) is 31.5 Å². The van der Waals surface area contributed by atoms with E-state index in [1.807, 2.05) is 12.1 Å². The summed E-state index contributed by atoms with van der Waals surface area (Å²) < 4.78 is 5.15. The molecule has 1 aliphatic heterocycles. The van der Waals surface area contributed by atoms with Gasteiger partial charge in [-0.3, -0.25) is 0 Å². The van der Waals surface area contributed by atoms with Crippen molar-refractivity contribution in [2.45, 2.75) is 23.8 Å². The number of benzene rings is 1. The van der Waals surface area contributed by atoms with Crippen LogP contribution in [0.2, 0.25) is 0 Å². The molecule has 2 rings (SSSR count). The number of thioether (sulfide) groups is 1. The van der Waals surface area contributed by atoms with Gasteiger partial charge in [0.1, 0.15) is 5.75 Å². The number of hydrogen-bond acceptors (Lipinski definition) is 3. The van der Waals surface area contributed by atoms with Crippen LogP contribution in [0.4, 0.5) is 0 Å². The second-order valence-electron chi connectivity index (χ2n) is 4.13. The largest absolute Gasteiger partial charge is 0.497 e. The first-order valence-electron chi connectivity index (χ1n) is 5.84. The van der Waals surface area contributed by atoms with Crippen molar-refractivity contribution in [1.29, 1.82) is 0 Å². The summed E-state index contributed by atoms with van der Waals surface area (Å²) in [6.07, 6.45) is 2.67. The Morgan fingerprint density at radius 1 is 1.38 bits per heavy atom. The maximum absolute atomic E-state index is 5.15. The summed E-state index contributed by atoms with van der Waals surface area (Å²) in [7, 11) is 1.71. The Morgan fingerprint density at radius 2 is 2.19 bits per heavy atom. The van der Waals surface area contributed by atoms with Gasteiger partial charge in [0.05, 0.1) is 7.11 Å². The molecule has 1 fully saturated rings. The van der Waals surface area contributed by atoms with Crippen molar-refractivity contribution in [3.05, 3.63) is 29.8 Å². The lowest BCUT2D eigenvalue weighted by Gasteiger charge is -2.22. The molecule has 0 spiro atoms. The van der Waals surface area contributed by atoms with E-state index in [1.54, 1.807) is 7.11 Å². The second-order valence-corrected chi connectivity index (χ2v) is 5.42. The summed E-state index contributed by atoms with van der Waals surface area (Å²) >= 11 is 2.06. The van der Waals surface area contributed by atoms with Gasteiger partial charge < -0.3 is 10.1 Å². The summed E-state index contributed by atoms with van der Waals surface area (Å²) in [6.45, 7) is 2.36. The molecule has 1 unspecified atom stereocenters. The molecule has 0 bridgehead atoms. The zero-order chi connectivity index (χ0) is 11.2. The van der Waals surface area contributed by atoms with Crippen molar-refractivity contribution in [1.82, 2.24) is 5.32 Å². The van der Waals surface area contributed by atoms with Crippen LogP contribution in [0.1, 0.15) is 18.4 Å². The Labute approximate surface area is 102 Å². The third-order valence-corrected chi connectivity index (χ3v) is 4.27. The Hall–Kier alpha value is -0.670. The zero-order valence-electron chi connectivity index (χ0n) is 9.74. The lowest BCUT2D eigenvalue weighted by molar-refractivity contribution is 0.414. The van der Waals surface area contributed by atoms with E-state index in [0.29, 0.717) is 0 Å². The SMILES string of the molecule is COc1ccc(CSC2CCCNC2)cc1. The number of hydrogen-bond donors (Lipinski definition) is 1. The van der Waals surface area contributed by atoms with Crippen LogP contribution in [-0.4, -0.2) is 25.4 Å². The molecule has 0 aliphatic carbocycles. The number of methoxy groups -OCH3 is 1. The van der Waals surface area contributed by atoms with Gasteiger partial charge in [-0.2, -0.15) is 11.8 Å². The van der Waals surface area contributed by atoms with E-state index < -0.39 is 0 Å². The highest BCUT2D eigenvalue weighted by Gasteiger charge is 2.12. The smallest absolute Gasteiger partial charge is 0.118 e. The normalized spacial score (nSPS) is 20.7. The van der Waals surface area contributed by atoms with E-state index in [2.05, 4.69) is 29.2 Å². The molecule has 2 nitrogen and oxygen atoms in total. The molecule has 1 aromatic rings. The summed E-state index contributed by atoms with van der Waals surface area (Å²) in [4.78, 5) is 0. The molecule has 3 heteroatoms. The third kappa shape index (κ3) is 3.42. The molecule has 1 N–H and O–H groups in total. The Kier molecular flexibility index (Phi) is 4.55. The van der Waals surface area contributed by atoms with Crippen molar-refractivity contribution >= 4 is 11.8 Å². The molecule has 0 aromatic heterocycles. The first kappa shape index (κ1) is 11.8. The molecule has 0 radical (unpaired) electrons. The van der Waals surface area contributed by atoms with Gasteiger partial charge in [0.2, 0.25) is 0 Å². The molecule has 0 amide bonds. The van der Waals surface area contributed by atoms with Crippen LogP contribution in [-0.2, 0) is 5.75 Å². The molecule has 16 heavy (non-hydrogen) atoms. The fourth-order valence-corrected chi connectivity index (χ4v) is 3.09. The summed E-state index contributed by atoms with van der Waals surface area (Å²) in [5, 5.41) is 4.24. The predicted octanol–water partition coefficient (Wildman–Crippen LogP) is 2.68. The zero-order valence-corrected chi connectivity index (χ0v) is 10.6. The van der Waals surface area contributed by atoms with Gasteiger partial charge in [-0.05, 0) is 37.1 Å². The van der Waals surface area contributed by atoms with Gasteiger partial charge in [0.25, 0.3) is 0 Å². The third-order valence-electron chi connectivity index (χ3n) is 2.90. The molecular formula is C13H19NOS. The van der Waals surface area contributed by atoms with Crippen molar-refractivity contribution in [2.24, 2.45) is 0 Å². The van der Waals surface area contributed by atoms with E-state index in [0.717, 1.165) is 16.8 Å². The van der Waals surface area contributed by atoms with Crippen LogP contribution in [0.3, 0.4) is 0 Å². The minimum Gasteiger partial charge on any atom is -0.497 e. The Morgan fingerprint density at radius 3 is 2.81 bits per heavy atom. The average Bonchev–Trinajstić information content (AvgIpc) is 2.38. The van der Waals surface area contributed by atoms with Crippen molar-refractivity contribution in [3.8, 4) is 5.75 Å². The van der Waals surface area contributed by atoms with Gasteiger partial charge >= 0.3 is 0 Å². The molecule has 1 heterocycles. The fourth-order valence-electron chi connectivity index (χ4n) is 1.90. The standard InChI is InChI=1S/C13H19NOS/c1-15-12-6-4-11(5-7-12)10-16-13-3-2-8-14-9-13/h4-7,13-14H,2-3,8-10H2,1H3. The Balaban J connectivity index is 1.79. The van der Waals surface area contributed by atoms with Crippen LogP contribution in [0.5, 0.6) is 5.75 Å². The van der Waals surface area contributed by atoms with Gasteiger partial charge in [0, 0.05) is 17.5 Å². The predicted molar refractivity (Wildman–Crippen MR) is 70.2 cm³/mol. The average molecular weight is 237 g/mol. The highest BCUT2D eigenvalue weighted by Crippen LogP contribution is 2.23. The second kappa shape index (κ2) is 6.16. The van der Waals surface area contributed by atoms with E-state index in [9.17, 15) is 0 Å². The van der Waals surface area contributed by atoms with E-state index in [-0.39, 0.29) is 0 Å². The maximum atomic E-state index is 5.15. The quantitative estimate of drug-likeness (QED) is 0.870. The number of rotatable bonds is 4. The van der Waals surface area contributed by atoms with Gasteiger partial charge in [0.15, 0.2) is 0 Å². The monoisotopic (exact) mass is 237 g/mol. The van der Waals surface area contributed by atoms with Crippen LogP contribution < -0.4 is 10.1 Å². The molecular weight excluding hydrogens is 218 g/mol. The van der Waals surface area contributed by atoms with Crippen LogP contribution in [0.15, 0.2) is 24.3 Å². The van der Waals surface area contributed by atoms with Crippen molar-refractivity contribution < 1.29 is 4.74 Å². The highest BCUT2D eigenvalue weighted by atomic mass is 32.2. The van der Waals surface area contributed by atoms with Crippen LogP contribution >= 0.6 is 11.8 Å². The molecule has 0 saturated carbocycles. The van der Waals surface area contributed by atoms with Gasteiger partial charge in [-0.25, -0.2) is 0 Å². The first-order chi connectivity index (χ1) is 7.88. The lowest BCUT2D eigenvalue weighted by atomic mass is 10.2. The number of ether oxygens (including phenoxy) is 1. The molecule has 1 aliphatic rings.